The fourth-order valence-corrected chi connectivity index (χ4v) is 4.84. The summed E-state index contributed by atoms with van der Waals surface area (Å²) < 4.78 is 0. The molecule has 2 saturated heterocycles. The Hall–Kier alpha value is -2.14. The maximum absolute atomic E-state index is 12.8. The van der Waals surface area contributed by atoms with E-state index < -0.39 is 0 Å². The van der Waals surface area contributed by atoms with Crippen LogP contribution in [0.2, 0.25) is 0 Å². The van der Waals surface area contributed by atoms with Crippen molar-refractivity contribution in [3.63, 3.8) is 0 Å². The second-order valence-corrected chi connectivity index (χ2v) is 9.12. The van der Waals surface area contributed by atoms with Gasteiger partial charge in [0, 0.05) is 37.3 Å². The highest BCUT2D eigenvalue weighted by Gasteiger charge is 2.43. The normalized spacial score (nSPS) is 23.1. The molecule has 5 nitrogen and oxygen atoms in total. The lowest BCUT2D eigenvalue weighted by molar-refractivity contribution is 0.0671. The minimum Gasteiger partial charge on any atom is -0.337 e. The Morgan fingerprint density at radius 3 is 2.64 bits per heavy atom. The summed E-state index contributed by atoms with van der Waals surface area (Å²) in [6.07, 6.45) is 3.54. The number of nitrogens with zero attached hydrogens (tertiary/aromatic N) is 3. The molecule has 0 unspecified atom stereocenters. The number of likely N-dealkylation sites (tertiary alicyclic amines) is 2. The first-order valence-electron chi connectivity index (χ1n) is 10.6. The van der Waals surface area contributed by atoms with Gasteiger partial charge in [-0.2, -0.15) is 5.10 Å². The van der Waals surface area contributed by atoms with Gasteiger partial charge in [-0.05, 0) is 55.8 Å². The summed E-state index contributed by atoms with van der Waals surface area (Å²) in [7, 11) is 0. The number of nitrogens with one attached hydrogen (secondary N) is 1. The number of aryl methyl sites for hydroxylation is 1. The van der Waals surface area contributed by atoms with Crippen molar-refractivity contribution in [2.45, 2.75) is 52.5 Å². The molecule has 3 heterocycles. The van der Waals surface area contributed by atoms with Crippen LogP contribution < -0.4 is 0 Å². The topological polar surface area (TPSA) is 52.2 Å². The van der Waals surface area contributed by atoms with Crippen molar-refractivity contribution in [3.05, 3.63) is 52.8 Å². The zero-order chi connectivity index (χ0) is 19.7. The van der Waals surface area contributed by atoms with Crippen LogP contribution in [0.25, 0.3) is 0 Å². The maximum atomic E-state index is 12.8. The molecule has 2 fully saturated rings. The fourth-order valence-electron chi connectivity index (χ4n) is 4.84. The van der Waals surface area contributed by atoms with Gasteiger partial charge in [-0.1, -0.05) is 38.1 Å². The van der Waals surface area contributed by atoms with E-state index in [2.05, 4.69) is 53.2 Å². The molecule has 2 aromatic rings. The van der Waals surface area contributed by atoms with Gasteiger partial charge in [-0.15, -0.1) is 0 Å². The van der Waals surface area contributed by atoms with Crippen LogP contribution in [-0.4, -0.2) is 52.1 Å². The molecule has 4 rings (SSSR count). The molecule has 0 bridgehead atoms. The molecule has 1 aromatic heterocycles. The SMILES string of the molecule is Cc1cc(C(=O)N2CC[C@]3(CCCN(Cc4ccc(C(C)C)cc4)C3)C2)n[nH]1. The second kappa shape index (κ2) is 7.70. The Morgan fingerprint density at radius 1 is 1.18 bits per heavy atom. The molecule has 1 N–H and O–H groups in total. The van der Waals surface area contributed by atoms with Gasteiger partial charge in [0.1, 0.15) is 5.69 Å². The first kappa shape index (κ1) is 19.2. The lowest BCUT2D eigenvalue weighted by atomic mass is 9.79. The summed E-state index contributed by atoms with van der Waals surface area (Å²) in [5, 5.41) is 7.04. The number of aromatic amines is 1. The van der Waals surface area contributed by atoms with Gasteiger partial charge < -0.3 is 4.90 Å². The van der Waals surface area contributed by atoms with E-state index in [9.17, 15) is 4.79 Å². The average molecular weight is 381 g/mol. The highest BCUT2D eigenvalue weighted by atomic mass is 16.2. The van der Waals surface area contributed by atoms with Gasteiger partial charge in [0.05, 0.1) is 0 Å². The van der Waals surface area contributed by atoms with Crippen molar-refractivity contribution in [3.8, 4) is 0 Å². The van der Waals surface area contributed by atoms with E-state index in [0.717, 1.165) is 44.8 Å². The number of amides is 1. The molecule has 2 aliphatic heterocycles. The number of carbonyl (C=O) groups is 1. The number of piperidine rings is 1. The van der Waals surface area contributed by atoms with E-state index in [1.165, 1.54) is 24.0 Å². The van der Waals surface area contributed by atoms with Crippen molar-refractivity contribution in [2.75, 3.05) is 26.2 Å². The van der Waals surface area contributed by atoms with Crippen molar-refractivity contribution in [1.29, 1.82) is 0 Å². The highest BCUT2D eigenvalue weighted by Crippen LogP contribution is 2.39. The summed E-state index contributed by atoms with van der Waals surface area (Å²) >= 11 is 0. The summed E-state index contributed by atoms with van der Waals surface area (Å²) in [6, 6.07) is 10.9. The van der Waals surface area contributed by atoms with Crippen molar-refractivity contribution in [1.82, 2.24) is 20.0 Å². The first-order chi connectivity index (χ1) is 13.4. The smallest absolute Gasteiger partial charge is 0.274 e. The standard InChI is InChI=1S/C23H32N4O/c1-17(2)20-7-5-19(6-8-20)14-26-11-4-9-23(15-26)10-12-27(16-23)22(28)21-13-18(3)24-25-21/h5-8,13,17H,4,9-12,14-16H2,1-3H3,(H,24,25)/t23-/m0/s1. The van der Waals surface area contributed by atoms with Crippen LogP contribution >= 0.6 is 0 Å². The second-order valence-electron chi connectivity index (χ2n) is 9.12. The van der Waals surface area contributed by atoms with Crippen molar-refractivity contribution >= 4 is 5.91 Å². The molecular formula is C23H32N4O. The van der Waals surface area contributed by atoms with Crippen LogP contribution in [0.5, 0.6) is 0 Å². The lowest BCUT2D eigenvalue weighted by Gasteiger charge is -2.40. The number of aromatic nitrogens is 2. The lowest BCUT2D eigenvalue weighted by Crippen LogP contribution is -2.45. The quantitative estimate of drug-likeness (QED) is 0.873. The fraction of sp³-hybridized carbons (Fsp3) is 0.565. The molecule has 1 atom stereocenters. The van der Waals surface area contributed by atoms with Crippen LogP contribution in [-0.2, 0) is 6.54 Å². The van der Waals surface area contributed by atoms with Gasteiger partial charge in [0.25, 0.3) is 5.91 Å². The molecule has 5 heteroatoms. The van der Waals surface area contributed by atoms with Gasteiger partial charge in [-0.3, -0.25) is 14.8 Å². The number of rotatable bonds is 4. The van der Waals surface area contributed by atoms with Crippen LogP contribution in [0.3, 0.4) is 0 Å². The van der Waals surface area contributed by atoms with Gasteiger partial charge in [0.15, 0.2) is 0 Å². The molecule has 1 amide bonds. The van der Waals surface area contributed by atoms with Gasteiger partial charge >= 0.3 is 0 Å². The minimum atomic E-state index is 0.0719. The number of carbonyl (C=O) groups excluding carboxylic acids is 1. The summed E-state index contributed by atoms with van der Waals surface area (Å²) in [6.45, 7) is 11.4. The monoisotopic (exact) mass is 380 g/mol. The van der Waals surface area contributed by atoms with Crippen LogP contribution in [0.4, 0.5) is 0 Å². The van der Waals surface area contributed by atoms with Crippen LogP contribution in [0.15, 0.2) is 30.3 Å². The van der Waals surface area contributed by atoms with Crippen LogP contribution in [0, 0.1) is 12.3 Å². The minimum absolute atomic E-state index is 0.0719. The predicted octanol–water partition coefficient (Wildman–Crippen LogP) is 3.97. The third kappa shape index (κ3) is 4.00. The Balaban J connectivity index is 1.38. The third-order valence-corrected chi connectivity index (χ3v) is 6.44. The van der Waals surface area contributed by atoms with E-state index in [1.54, 1.807) is 0 Å². The van der Waals surface area contributed by atoms with Crippen molar-refractivity contribution in [2.24, 2.45) is 5.41 Å². The summed E-state index contributed by atoms with van der Waals surface area (Å²) in [5.74, 6) is 0.648. The zero-order valence-corrected chi connectivity index (χ0v) is 17.4. The molecule has 0 saturated carbocycles. The molecule has 28 heavy (non-hydrogen) atoms. The number of hydrogen-bond donors (Lipinski definition) is 1. The first-order valence-corrected chi connectivity index (χ1v) is 10.6. The van der Waals surface area contributed by atoms with Crippen molar-refractivity contribution < 1.29 is 4.79 Å². The predicted molar refractivity (Wildman–Crippen MR) is 111 cm³/mol. The Labute approximate surface area is 168 Å². The molecule has 1 aromatic carbocycles. The molecular weight excluding hydrogens is 348 g/mol. The zero-order valence-electron chi connectivity index (χ0n) is 17.4. The molecule has 1 spiro atoms. The Kier molecular flexibility index (Phi) is 5.28. The van der Waals surface area contributed by atoms with E-state index in [4.69, 9.17) is 0 Å². The van der Waals surface area contributed by atoms with Gasteiger partial charge in [-0.25, -0.2) is 0 Å². The van der Waals surface area contributed by atoms with E-state index in [1.807, 2.05) is 17.9 Å². The van der Waals surface area contributed by atoms with E-state index in [-0.39, 0.29) is 11.3 Å². The largest absolute Gasteiger partial charge is 0.337 e. The average Bonchev–Trinajstić information content (AvgIpc) is 3.28. The molecule has 2 aliphatic rings. The Morgan fingerprint density at radius 2 is 1.96 bits per heavy atom. The number of benzene rings is 1. The third-order valence-electron chi connectivity index (χ3n) is 6.44. The highest BCUT2D eigenvalue weighted by molar-refractivity contribution is 5.92. The van der Waals surface area contributed by atoms with E-state index >= 15 is 0 Å². The number of H-pyrrole nitrogens is 1. The summed E-state index contributed by atoms with van der Waals surface area (Å²) in [5.41, 5.74) is 4.52. The molecule has 0 aliphatic carbocycles. The molecule has 0 radical (unpaired) electrons. The summed E-state index contributed by atoms with van der Waals surface area (Å²) in [4.78, 5) is 17.4. The van der Waals surface area contributed by atoms with Crippen LogP contribution in [0.1, 0.15) is 66.3 Å². The maximum Gasteiger partial charge on any atom is 0.274 e. The Bertz CT molecular complexity index is 825. The van der Waals surface area contributed by atoms with E-state index in [0.29, 0.717) is 11.6 Å². The van der Waals surface area contributed by atoms with Gasteiger partial charge in [0.2, 0.25) is 0 Å². The number of hydrogen-bond acceptors (Lipinski definition) is 3. The molecule has 150 valence electrons.